The third kappa shape index (κ3) is 4.31. The second-order valence-corrected chi connectivity index (χ2v) is 7.22. The van der Waals surface area contributed by atoms with Crippen molar-refractivity contribution in [3.8, 4) is 0 Å². The van der Waals surface area contributed by atoms with E-state index in [1.807, 2.05) is 43.3 Å². The Bertz CT molecular complexity index is 744. The van der Waals surface area contributed by atoms with E-state index in [9.17, 15) is 14.7 Å². The highest BCUT2D eigenvalue weighted by Gasteiger charge is 2.37. The van der Waals surface area contributed by atoms with Gasteiger partial charge < -0.3 is 10.0 Å². The van der Waals surface area contributed by atoms with Crippen molar-refractivity contribution in [1.82, 2.24) is 4.90 Å². The van der Waals surface area contributed by atoms with Crippen LogP contribution in [0.15, 0.2) is 60.7 Å². The van der Waals surface area contributed by atoms with Gasteiger partial charge in [0.05, 0.1) is 5.92 Å². The summed E-state index contributed by atoms with van der Waals surface area (Å²) in [4.78, 5) is 25.9. The van der Waals surface area contributed by atoms with Gasteiger partial charge in [0.1, 0.15) is 0 Å². The first-order valence-electron chi connectivity index (χ1n) is 9.14. The van der Waals surface area contributed by atoms with Gasteiger partial charge in [-0.1, -0.05) is 67.6 Å². The van der Waals surface area contributed by atoms with Gasteiger partial charge in [0.15, 0.2) is 0 Å². The molecule has 136 valence electrons. The molecule has 26 heavy (non-hydrogen) atoms. The number of hydrogen-bond donors (Lipinski definition) is 1. The molecule has 0 radical (unpaired) electrons. The molecule has 1 fully saturated rings. The molecular formula is C22H25NO3. The number of carbonyl (C=O) groups is 2. The summed E-state index contributed by atoms with van der Waals surface area (Å²) in [5, 5.41) is 9.30. The summed E-state index contributed by atoms with van der Waals surface area (Å²) < 4.78 is 0. The van der Waals surface area contributed by atoms with Crippen LogP contribution in [0.3, 0.4) is 0 Å². The van der Waals surface area contributed by atoms with Crippen molar-refractivity contribution < 1.29 is 14.7 Å². The molecule has 0 saturated carbocycles. The highest BCUT2D eigenvalue weighted by Crippen LogP contribution is 2.28. The van der Waals surface area contributed by atoms with Gasteiger partial charge in [0, 0.05) is 19.5 Å². The quantitative estimate of drug-likeness (QED) is 0.865. The van der Waals surface area contributed by atoms with Gasteiger partial charge in [-0.05, 0) is 29.4 Å². The van der Waals surface area contributed by atoms with E-state index in [1.165, 1.54) is 5.56 Å². The minimum absolute atomic E-state index is 0.000693. The third-order valence-electron chi connectivity index (χ3n) is 5.30. The van der Waals surface area contributed by atoms with Crippen LogP contribution < -0.4 is 0 Å². The number of carbonyl (C=O) groups excluding carboxylic acids is 1. The van der Waals surface area contributed by atoms with E-state index in [1.54, 1.807) is 4.90 Å². The van der Waals surface area contributed by atoms with Crippen LogP contribution in [-0.2, 0) is 16.0 Å². The van der Waals surface area contributed by atoms with Crippen LogP contribution in [0.5, 0.6) is 0 Å². The predicted molar refractivity (Wildman–Crippen MR) is 101 cm³/mol. The van der Waals surface area contributed by atoms with Gasteiger partial charge in [0.2, 0.25) is 5.91 Å². The molecule has 1 unspecified atom stereocenters. The zero-order valence-corrected chi connectivity index (χ0v) is 15.0. The van der Waals surface area contributed by atoms with Gasteiger partial charge in [-0.2, -0.15) is 0 Å². The summed E-state index contributed by atoms with van der Waals surface area (Å²) in [6.07, 6.45) is 1.19. The molecule has 0 aromatic heterocycles. The van der Waals surface area contributed by atoms with Crippen molar-refractivity contribution in [1.29, 1.82) is 0 Å². The van der Waals surface area contributed by atoms with Crippen LogP contribution in [0.1, 0.15) is 30.4 Å². The van der Waals surface area contributed by atoms with Crippen LogP contribution in [0.2, 0.25) is 0 Å². The van der Waals surface area contributed by atoms with Crippen LogP contribution in [0, 0.1) is 11.8 Å². The third-order valence-corrected chi connectivity index (χ3v) is 5.30. The minimum Gasteiger partial charge on any atom is -0.481 e. The molecule has 3 rings (SSSR count). The lowest BCUT2D eigenvalue weighted by Gasteiger charge is -2.22. The topological polar surface area (TPSA) is 57.6 Å². The number of nitrogens with zero attached hydrogens (tertiary/aromatic N) is 1. The fourth-order valence-electron chi connectivity index (χ4n) is 3.76. The maximum atomic E-state index is 12.9. The smallest absolute Gasteiger partial charge is 0.308 e. The highest BCUT2D eigenvalue weighted by atomic mass is 16.4. The van der Waals surface area contributed by atoms with Crippen LogP contribution >= 0.6 is 0 Å². The van der Waals surface area contributed by atoms with E-state index in [4.69, 9.17) is 0 Å². The van der Waals surface area contributed by atoms with Crippen molar-refractivity contribution in [2.24, 2.45) is 11.8 Å². The summed E-state index contributed by atoms with van der Waals surface area (Å²) in [6, 6.07) is 20.3. The van der Waals surface area contributed by atoms with E-state index in [0.29, 0.717) is 19.5 Å². The van der Waals surface area contributed by atoms with Crippen LogP contribution in [0.4, 0.5) is 0 Å². The van der Waals surface area contributed by atoms with Crippen molar-refractivity contribution in [3.05, 3.63) is 71.8 Å². The van der Waals surface area contributed by atoms with Gasteiger partial charge in [-0.25, -0.2) is 0 Å². The van der Waals surface area contributed by atoms with Crippen LogP contribution in [-0.4, -0.2) is 35.0 Å². The highest BCUT2D eigenvalue weighted by molar-refractivity contribution is 5.79. The van der Waals surface area contributed by atoms with E-state index in [-0.39, 0.29) is 17.7 Å². The number of amides is 1. The molecule has 1 aliphatic heterocycles. The number of hydrogen-bond acceptors (Lipinski definition) is 2. The first-order chi connectivity index (χ1) is 12.5. The number of carboxylic acids is 1. The van der Waals surface area contributed by atoms with Gasteiger partial charge in [-0.3, -0.25) is 9.59 Å². The largest absolute Gasteiger partial charge is 0.481 e. The molecule has 1 heterocycles. The number of carboxylic acid groups (broad SMARTS) is 1. The molecule has 0 bridgehead atoms. The van der Waals surface area contributed by atoms with Gasteiger partial charge >= 0.3 is 5.97 Å². The number of rotatable bonds is 6. The molecule has 1 amide bonds. The van der Waals surface area contributed by atoms with Gasteiger partial charge in [0.25, 0.3) is 0 Å². The summed E-state index contributed by atoms with van der Waals surface area (Å²) in [6.45, 7) is 2.76. The van der Waals surface area contributed by atoms with E-state index in [2.05, 4.69) is 24.3 Å². The Labute approximate surface area is 154 Å². The molecule has 2 aromatic carbocycles. The maximum Gasteiger partial charge on any atom is 0.308 e. The molecule has 1 N–H and O–H groups in total. The fourth-order valence-corrected chi connectivity index (χ4v) is 3.76. The second kappa shape index (κ2) is 8.17. The molecule has 0 spiro atoms. The number of benzene rings is 2. The van der Waals surface area contributed by atoms with Crippen molar-refractivity contribution in [3.63, 3.8) is 0 Å². The van der Waals surface area contributed by atoms with E-state index >= 15 is 0 Å². The van der Waals surface area contributed by atoms with Crippen molar-refractivity contribution in [2.45, 2.75) is 25.7 Å². The molecule has 0 aliphatic carbocycles. The Balaban J connectivity index is 1.73. The Morgan fingerprint density at radius 1 is 1.04 bits per heavy atom. The van der Waals surface area contributed by atoms with E-state index in [0.717, 1.165) is 12.0 Å². The minimum atomic E-state index is -0.809. The SMILES string of the molecule is C[C@@H]1CN(C(=O)CC(Cc2ccccc2)c2ccccc2)C[C@H]1C(=O)O. The number of likely N-dealkylation sites (tertiary alicyclic amines) is 1. The summed E-state index contributed by atoms with van der Waals surface area (Å²) in [7, 11) is 0. The Morgan fingerprint density at radius 2 is 1.65 bits per heavy atom. The zero-order chi connectivity index (χ0) is 18.5. The molecule has 4 nitrogen and oxygen atoms in total. The first kappa shape index (κ1) is 18.2. The van der Waals surface area contributed by atoms with Gasteiger partial charge in [-0.15, -0.1) is 0 Å². The average Bonchev–Trinajstić information content (AvgIpc) is 3.05. The lowest BCUT2D eigenvalue weighted by atomic mass is 9.89. The Kier molecular flexibility index (Phi) is 5.71. The van der Waals surface area contributed by atoms with E-state index < -0.39 is 11.9 Å². The summed E-state index contributed by atoms with van der Waals surface area (Å²) >= 11 is 0. The van der Waals surface area contributed by atoms with Crippen molar-refractivity contribution >= 4 is 11.9 Å². The van der Waals surface area contributed by atoms with Crippen LogP contribution in [0.25, 0.3) is 0 Å². The maximum absolute atomic E-state index is 12.9. The normalized spacial score (nSPS) is 20.7. The molecule has 4 heteroatoms. The monoisotopic (exact) mass is 351 g/mol. The molecule has 2 aromatic rings. The second-order valence-electron chi connectivity index (χ2n) is 7.22. The lowest BCUT2D eigenvalue weighted by molar-refractivity contribution is -0.142. The predicted octanol–water partition coefficient (Wildman–Crippen LogP) is 3.58. The fraction of sp³-hybridized carbons (Fsp3) is 0.364. The standard InChI is InChI=1S/C22H25NO3/c1-16-14-23(15-20(16)22(25)26)21(24)13-19(18-10-6-3-7-11-18)12-17-8-4-2-5-9-17/h2-11,16,19-20H,12-15H2,1H3,(H,25,26)/t16-,19?,20-/m1/s1. The number of aliphatic carboxylic acids is 1. The Hall–Kier alpha value is -2.62. The lowest BCUT2D eigenvalue weighted by Crippen LogP contribution is -2.31. The van der Waals surface area contributed by atoms with Crippen molar-refractivity contribution in [2.75, 3.05) is 13.1 Å². The summed E-state index contributed by atoms with van der Waals surface area (Å²) in [5.74, 6) is -1.13. The molecule has 3 atom stereocenters. The summed E-state index contributed by atoms with van der Waals surface area (Å²) in [5.41, 5.74) is 2.35. The molecule has 1 aliphatic rings. The zero-order valence-electron chi connectivity index (χ0n) is 15.0. The molecular weight excluding hydrogens is 326 g/mol. The average molecular weight is 351 g/mol. The first-order valence-corrected chi connectivity index (χ1v) is 9.14. The molecule has 1 saturated heterocycles. The Morgan fingerprint density at radius 3 is 2.23 bits per heavy atom.